The first kappa shape index (κ1) is 13.7. The van der Waals surface area contributed by atoms with Crippen molar-refractivity contribution < 1.29 is 9.53 Å². The number of carbonyl (C=O) groups excluding carboxylic acids is 1. The van der Waals surface area contributed by atoms with Crippen molar-refractivity contribution in [1.82, 2.24) is 5.32 Å². The van der Waals surface area contributed by atoms with Gasteiger partial charge in [-0.2, -0.15) is 0 Å². The molecule has 0 bridgehead atoms. The lowest BCUT2D eigenvalue weighted by molar-refractivity contribution is -0.120. The quantitative estimate of drug-likeness (QED) is 0.857. The van der Waals surface area contributed by atoms with Crippen molar-refractivity contribution in [3.05, 3.63) is 24.3 Å². The molecule has 104 valence electrons. The fourth-order valence-corrected chi connectivity index (χ4v) is 2.44. The van der Waals surface area contributed by atoms with Gasteiger partial charge in [-0.25, -0.2) is 0 Å². The van der Waals surface area contributed by atoms with Crippen LogP contribution in [-0.2, 0) is 4.79 Å². The highest BCUT2D eigenvalue weighted by molar-refractivity contribution is 5.81. The van der Waals surface area contributed by atoms with E-state index in [0.29, 0.717) is 12.6 Å². The van der Waals surface area contributed by atoms with Crippen LogP contribution in [0.3, 0.4) is 0 Å². The Morgan fingerprint density at radius 1 is 1.32 bits per heavy atom. The van der Waals surface area contributed by atoms with Gasteiger partial charge in [0.25, 0.3) is 0 Å². The van der Waals surface area contributed by atoms with Crippen LogP contribution in [-0.4, -0.2) is 25.6 Å². The van der Waals surface area contributed by atoms with Gasteiger partial charge in [-0.1, -0.05) is 25.3 Å². The first-order chi connectivity index (χ1) is 9.28. The van der Waals surface area contributed by atoms with Gasteiger partial charge in [0.05, 0.1) is 13.7 Å². The van der Waals surface area contributed by atoms with Crippen molar-refractivity contribution in [2.75, 3.05) is 19.0 Å². The van der Waals surface area contributed by atoms with Crippen molar-refractivity contribution in [2.45, 2.75) is 38.1 Å². The third-order valence-electron chi connectivity index (χ3n) is 3.49. The largest absolute Gasteiger partial charge is 0.497 e. The van der Waals surface area contributed by atoms with E-state index < -0.39 is 0 Å². The van der Waals surface area contributed by atoms with Crippen LogP contribution >= 0.6 is 0 Å². The van der Waals surface area contributed by atoms with E-state index in [1.165, 1.54) is 19.3 Å². The van der Waals surface area contributed by atoms with Gasteiger partial charge in [-0.05, 0) is 25.0 Å². The lowest BCUT2D eigenvalue weighted by Crippen LogP contribution is -2.39. The van der Waals surface area contributed by atoms with Crippen LogP contribution in [0.2, 0.25) is 0 Å². The Bertz CT molecular complexity index is 414. The summed E-state index contributed by atoms with van der Waals surface area (Å²) in [6, 6.07) is 7.96. The van der Waals surface area contributed by atoms with Crippen LogP contribution in [0, 0.1) is 0 Å². The number of rotatable bonds is 5. The van der Waals surface area contributed by atoms with Gasteiger partial charge in [-0.15, -0.1) is 0 Å². The molecule has 1 amide bonds. The molecular formula is C15H22N2O2. The summed E-state index contributed by atoms with van der Waals surface area (Å²) < 4.78 is 5.14. The molecule has 1 aliphatic carbocycles. The highest BCUT2D eigenvalue weighted by Gasteiger charge is 2.15. The molecule has 0 unspecified atom stereocenters. The fraction of sp³-hybridized carbons (Fsp3) is 0.533. The molecule has 0 aromatic heterocycles. The summed E-state index contributed by atoms with van der Waals surface area (Å²) in [7, 11) is 1.63. The van der Waals surface area contributed by atoms with Crippen molar-refractivity contribution in [1.29, 1.82) is 0 Å². The second kappa shape index (κ2) is 7.02. The van der Waals surface area contributed by atoms with Crippen molar-refractivity contribution >= 4 is 11.6 Å². The minimum absolute atomic E-state index is 0.0646. The zero-order chi connectivity index (χ0) is 13.5. The molecule has 1 aromatic rings. The molecule has 4 nitrogen and oxygen atoms in total. The zero-order valence-corrected chi connectivity index (χ0v) is 11.4. The first-order valence-corrected chi connectivity index (χ1v) is 6.95. The Kier molecular flexibility index (Phi) is 5.07. The van der Waals surface area contributed by atoms with E-state index in [2.05, 4.69) is 10.6 Å². The summed E-state index contributed by atoms with van der Waals surface area (Å²) in [5.74, 6) is 0.854. The topological polar surface area (TPSA) is 50.4 Å². The summed E-state index contributed by atoms with van der Waals surface area (Å²) in [5.41, 5.74) is 0.901. The van der Waals surface area contributed by atoms with Gasteiger partial charge in [0.15, 0.2) is 0 Å². The molecule has 2 rings (SSSR count). The Morgan fingerprint density at radius 2 is 2.11 bits per heavy atom. The van der Waals surface area contributed by atoms with Crippen LogP contribution in [0.4, 0.5) is 5.69 Å². The third-order valence-corrected chi connectivity index (χ3v) is 3.49. The van der Waals surface area contributed by atoms with E-state index in [0.717, 1.165) is 24.3 Å². The van der Waals surface area contributed by atoms with E-state index in [9.17, 15) is 4.79 Å². The maximum Gasteiger partial charge on any atom is 0.239 e. The highest BCUT2D eigenvalue weighted by Crippen LogP contribution is 2.18. The van der Waals surface area contributed by atoms with E-state index in [4.69, 9.17) is 4.74 Å². The molecule has 0 saturated heterocycles. The SMILES string of the molecule is COc1cccc(NCC(=O)NC2CCCCC2)c1. The molecule has 1 fully saturated rings. The molecule has 0 heterocycles. The van der Waals surface area contributed by atoms with Gasteiger partial charge in [0.2, 0.25) is 5.91 Å². The summed E-state index contributed by atoms with van der Waals surface area (Å²) in [6.07, 6.45) is 5.99. The molecule has 0 radical (unpaired) electrons. The second-order valence-corrected chi connectivity index (χ2v) is 4.99. The van der Waals surface area contributed by atoms with Crippen LogP contribution < -0.4 is 15.4 Å². The summed E-state index contributed by atoms with van der Waals surface area (Å²) in [4.78, 5) is 11.8. The monoisotopic (exact) mass is 262 g/mol. The number of nitrogens with one attached hydrogen (secondary N) is 2. The molecule has 1 saturated carbocycles. The number of hydrogen-bond acceptors (Lipinski definition) is 3. The molecule has 4 heteroatoms. The average molecular weight is 262 g/mol. The highest BCUT2D eigenvalue weighted by atomic mass is 16.5. The zero-order valence-electron chi connectivity index (χ0n) is 11.4. The normalized spacial score (nSPS) is 15.8. The van der Waals surface area contributed by atoms with Crippen molar-refractivity contribution in [3.63, 3.8) is 0 Å². The molecule has 0 atom stereocenters. The standard InChI is InChI=1S/C15H22N2O2/c1-19-14-9-5-8-13(10-14)16-11-15(18)17-12-6-3-2-4-7-12/h5,8-10,12,16H,2-4,6-7,11H2,1H3,(H,17,18). The van der Waals surface area contributed by atoms with E-state index in [1.54, 1.807) is 7.11 Å². The fourth-order valence-electron chi connectivity index (χ4n) is 2.44. The van der Waals surface area contributed by atoms with E-state index >= 15 is 0 Å². The summed E-state index contributed by atoms with van der Waals surface area (Å²) in [6.45, 7) is 0.309. The van der Waals surface area contributed by atoms with Gasteiger partial charge < -0.3 is 15.4 Å². The average Bonchev–Trinajstić information content (AvgIpc) is 2.46. The van der Waals surface area contributed by atoms with Gasteiger partial charge in [0.1, 0.15) is 5.75 Å². The number of methoxy groups -OCH3 is 1. The van der Waals surface area contributed by atoms with Gasteiger partial charge in [-0.3, -0.25) is 4.79 Å². The number of anilines is 1. The van der Waals surface area contributed by atoms with Crippen molar-refractivity contribution in [2.24, 2.45) is 0 Å². The van der Waals surface area contributed by atoms with Crippen LogP contribution in [0.1, 0.15) is 32.1 Å². The molecule has 19 heavy (non-hydrogen) atoms. The first-order valence-electron chi connectivity index (χ1n) is 6.95. The maximum absolute atomic E-state index is 11.8. The Morgan fingerprint density at radius 3 is 2.84 bits per heavy atom. The van der Waals surface area contributed by atoms with E-state index in [-0.39, 0.29) is 5.91 Å². The number of amides is 1. The second-order valence-electron chi connectivity index (χ2n) is 4.99. The number of hydrogen-bond donors (Lipinski definition) is 2. The molecule has 1 aliphatic rings. The summed E-state index contributed by atoms with van der Waals surface area (Å²) in [5, 5.41) is 6.20. The lowest BCUT2D eigenvalue weighted by Gasteiger charge is -2.22. The smallest absolute Gasteiger partial charge is 0.239 e. The number of benzene rings is 1. The maximum atomic E-state index is 11.8. The van der Waals surface area contributed by atoms with Crippen LogP contribution in [0.25, 0.3) is 0 Å². The molecule has 2 N–H and O–H groups in total. The third kappa shape index (κ3) is 4.47. The molecule has 1 aromatic carbocycles. The minimum Gasteiger partial charge on any atom is -0.497 e. The predicted octanol–water partition coefficient (Wildman–Crippen LogP) is 2.56. The lowest BCUT2D eigenvalue weighted by atomic mass is 9.95. The minimum atomic E-state index is 0.0646. The Hall–Kier alpha value is -1.71. The Labute approximate surface area is 114 Å². The van der Waals surface area contributed by atoms with Crippen molar-refractivity contribution in [3.8, 4) is 5.75 Å². The number of carbonyl (C=O) groups is 1. The predicted molar refractivity (Wildman–Crippen MR) is 76.5 cm³/mol. The molecule has 0 aliphatic heterocycles. The molecular weight excluding hydrogens is 240 g/mol. The summed E-state index contributed by atoms with van der Waals surface area (Å²) >= 11 is 0. The van der Waals surface area contributed by atoms with Crippen LogP contribution in [0.5, 0.6) is 5.75 Å². The van der Waals surface area contributed by atoms with E-state index in [1.807, 2.05) is 24.3 Å². The Balaban J connectivity index is 1.76. The van der Waals surface area contributed by atoms with Gasteiger partial charge >= 0.3 is 0 Å². The number of ether oxygens (including phenoxy) is 1. The van der Waals surface area contributed by atoms with Gasteiger partial charge in [0, 0.05) is 17.8 Å². The van der Waals surface area contributed by atoms with Crippen LogP contribution in [0.15, 0.2) is 24.3 Å². The molecule has 0 spiro atoms.